The smallest absolute Gasteiger partial charge is 0.259 e. The highest BCUT2D eigenvalue weighted by Crippen LogP contribution is 2.52. The molecule has 0 amide bonds. The van der Waals surface area contributed by atoms with Crippen molar-refractivity contribution in [1.29, 1.82) is 5.26 Å². The molecule has 252 valence electrons. The van der Waals surface area contributed by atoms with Crippen molar-refractivity contribution in [3.8, 4) is 17.6 Å². The lowest BCUT2D eigenvalue weighted by Gasteiger charge is -2.39. The summed E-state index contributed by atoms with van der Waals surface area (Å²) in [6.07, 6.45) is -0.480. The average molecular weight is 665 g/mol. The summed E-state index contributed by atoms with van der Waals surface area (Å²) in [4.78, 5) is 13.0. The van der Waals surface area contributed by atoms with Crippen LogP contribution >= 0.6 is 8.53 Å². The Labute approximate surface area is 279 Å². The first kappa shape index (κ1) is 35.2. The Kier molecular flexibility index (Phi) is 11.9. The Morgan fingerprint density at radius 3 is 1.96 bits per heavy atom. The molecule has 0 saturated carbocycles. The summed E-state index contributed by atoms with van der Waals surface area (Å²) in [5.41, 5.74) is 0.459. The van der Waals surface area contributed by atoms with E-state index in [-0.39, 0.29) is 44.4 Å². The predicted octanol–water partition coefficient (Wildman–Crippen LogP) is 6.77. The first-order chi connectivity index (χ1) is 22.8. The summed E-state index contributed by atoms with van der Waals surface area (Å²) in [7, 11) is 1.76. The van der Waals surface area contributed by atoms with Gasteiger partial charge in [0.1, 0.15) is 35.9 Å². The van der Waals surface area contributed by atoms with E-state index < -0.39 is 25.8 Å². The van der Waals surface area contributed by atoms with Crippen molar-refractivity contribution < 1.29 is 37.8 Å². The molecular weight excluding hydrogens is 619 g/mol. The molecule has 3 aromatic carbocycles. The SMILES string of the molecule is COc1ccc(C(OOC[C@@]23CO[C@@H](CO2)[C@@H]3OP(OCCC#N)N(C(C)C)C(C)C)(c2ccccc2)c2ccc(OC)cc2)cc1. The number of ether oxygens (including phenoxy) is 4. The summed E-state index contributed by atoms with van der Waals surface area (Å²) < 4.78 is 38.6. The van der Waals surface area contributed by atoms with Crippen LogP contribution in [0.3, 0.4) is 0 Å². The van der Waals surface area contributed by atoms with Crippen molar-refractivity contribution >= 4 is 8.53 Å². The highest BCUT2D eigenvalue weighted by Gasteiger charge is 2.60. The molecule has 2 heterocycles. The number of methoxy groups -OCH3 is 2. The van der Waals surface area contributed by atoms with Crippen molar-refractivity contribution in [2.75, 3.05) is 40.6 Å². The van der Waals surface area contributed by atoms with Gasteiger partial charge >= 0.3 is 0 Å². The van der Waals surface area contributed by atoms with Gasteiger partial charge in [0.2, 0.25) is 0 Å². The molecule has 4 atom stereocenters. The standard InChI is InChI=1S/C36H45N2O8P/c1-26(2)38(27(3)4)47(44-22-10-21-37)45-34-33-23-42-35(34,24-41-33)25-43-46-36(28-11-8-7-9-12-28,29-13-17-31(39-5)18-14-29)30-15-19-32(40-6)20-16-30/h7-9,11-20,26-27,33-34H,10,22-25H2,1-6H3/t33-,34-,35+,47?/m0/s1. The first-order valence-electron chi connectivity index (χ1n) is 15.9. The maximum absolute atomic E-state index is 9.16. The van der Waals surface area contributed by atoms with E-state index in [0.29, 0.717) is 6.61 Å². The van der Waals surface area contributed by atoms with Gasteiger partial charge in [-0.1, -0.05) is 54.6 Å². The monoisotopic (exact) mass is 664 g/mol. The van der Waals surface area contributed by atoms with E-state index in [1.807, 2.05) is 78.9 Å². The van der Waals surface area contributed by atoms with Gasteiger partial charge < -0.3 is 28.0 Å². The minimum Gasteiger partial charge on any atom is -0.497 e. The molecule has 47 heavy (non-hydrogen) atoms. The minimum absolute atomic E-state index is 0.0415. The third kappa shape index (κ3) is 7.49. The van der Waals surface area contributed by atoms with Crippen LogP contribution in [-0.4, -0.2) is 75.2 Å². The van der Waals surface area contributed by atoms with E-state index in [1.54, 1.807) is 14.2 Å². The van der Waals surface area contributed by atoms with Crippen LogP contribution < -0.4 is 9.47 Å². The number of nitrogens with zero attached hydrogens (tertiary/aromatic N) is 2. The summed E-state index contributed by atoms with van der Waals surface area (Å²) in [6, 6.07) is 27.9. The molecule has 2 saturated heterocycles. The van der Waals surface area contributed by atoms with Gasteiger partial charge in [0, 0.05) is 12.1 Å². The van der Waals surface area contributed by atoms with Crippen LogP contribution in [0.5, 0.6) is 11.5 Å². The Balaban J connectivity index is 1.46. The quantitative estimate of drug-likeness (QED) is 0.0505. The highest BCUT2D eigenvalue weighted by molar-refractivity contribution is 7.44. The molecule has 3 aromatic rings. The van der Waals surface area contributed by atoms with Gasteiger partial charge in [0.15, 0.2) is 5.60 Å². The van der Waals surface area contributed by atoms with Crippen LogP contribution in [0.25, 0.3) is 0 Å². The topological polar surface area (TPSA) is 101 Å². The lowest BCUT2D eigenvalue weighted by atomic mass is 9.80. The summed E-state index contributed by atoms with van der Waals surface area (Å²) in [5, 5.41) is 9.16. The molecule has 11 heteroatoms. The molecule has 2 fully saturated rings. The van der Waals surface area contributed by atoms with Crippen molar-refractivity contribution in [3.05, 3.63) is 95.6 Å². The number of hydrogen-bond donors (Lipinski definition) is 0. The normalized spacial score (nSPS) is 21.4. The molecular formula is C36H45N2O8P. The average Bonchev–Trinajstić information content (AvgIpc) is 3.60. The van der Waals surface area contributed by atoms with Gasteiger partial charge in [-0.05, 0) is 68.7 Å². The number of hydrogen-bond acceptors (Lipinski definition) is 10. The second kappa shape index (κ2) is 15.9. The zero-order valence-electron chi connectivity index (χ0n) is 28.0. The molecule has 0 radical (unpaired) electrons. The van der Waals surface area contributed by atoms with Gasteiger partial charge in [0.05, 0.1) is 46.5 Å². The van der Waals surface area contributed by atoms with Gasteiger partial charge in [-0.25, -0.2) is 14.4 Å². The third-order valence-corrected chi connectivity index (χ3v) is 10.6. The zero-order chi connectivity index (χ0) is 33.4. The Morgan fingerprint density at radius 1 is 0.894 bits per heavy atom. The number of benzene rings is 3. The third-order valence-electron chi connectivity index (χ3n) is 8.46. The first-order valence-corrected chi connectivity index (χ1v) is 17.1. The van der Waals surface area contributed by atoms with E-state index in [2.05, 4.69) is 38.4 Å². The fourth-order valence-corrected chi connectivity index (χ4v) is 8.00. The highest BCUT2D eigenvalue weighted by atomic mass is 31.2. The Morgan fingerprint density at radius 2 is 1.47 bits per heavy atom. The maximum atomic E-state index is 9.16. The molecule has 1 unspecified atom stereocenters. The second-order valence-electron chi connectivity index (χ2n) is 12.1. The lowest BCUT2D eigenvalue weighted by Crippen LogP contribution is -2.47. The van der Waals surface area contributed by atoms with E-state index in [9.17, 15) is 0 Å². The molecule has 0 aliphatic carbocycles. The van der Waals surface area contributed by atoms with E-state index >= 15 is 0 Å². The lowest BCUT2D eigenvalue weighted by molar-refractivity contribution is -0.365. The van der Waals surface area contributed by atoms with Crippen LogP contribution in [-0.2, 0) is 33.9 Å². The van der Waals surface area contributed by atoms with Crippen LogP contribution in [0.4, 0.5) is 0 Å². The number of nitriles is 1. The van der Waals surface area contributed by atoms with Crippen LogP contribution in [0.15, 0.2) is 78.9 Å². The molecule has 2 aliphatic rings. The molecule has 0 N–H and O–H groups in total. The Hall–Kier alpha value is -3.10. The largest absolute Gasteiger partial charge is 0.497 e. The zero-order valence-corrected chi connectivity index (χ0v) is 28.9. The predicted molar refractivity (Wildman–Crippen MR) is 178 cm³/mol. The van der Waals surface area contributed by atoms with Crippen molar-refractivity contribution in [2.24, 2.45) is 0 Å². The fraction of sp³-hybridized carbons (Fsp3) is 0.472. The summed E-state index contributed by atoms with van der Waals surface area (Å²) >= 11 is 0. The van der Waals surface area contributed by atoms with Crippen LogP contribution in [0.1, 0.15) is 50.8 Å². The van der Waals surface area contributed by atoms with Crippen molar-refractivity contribution in [3.63, 3.8) is 0 Å². The summed E-state index contributed by atoms with van der Waals surface area (Å²) in [6.45, 7) is 9.38. The maximum Gasteiger partial charge on any atom is 0.259 e. The summed E-state index contributed by atoms with van der Waals surface area (Å²) in [5.74, 6) is 1.45. The Bertz CT molecular complexity index is 1390. The van der Waals surface area contributed by atoms with Crippen molar-refractivity contribution in [2.45, 2.75) is 69.6 Å². The number of rotatable bonds is 17. The second-order valence-corrected chi connectivity index (χ2v) is 13.6. The van der Waals surface area contributed by atoms with E-state index in [0.717, 1.165) is 28.2 Å². The van der Waals surface area contributed by atoms with Gasteiger partial charge in [-0.2, -0.15) is 5.26 Å². The molecule has 2 bridgehead atoms. The van der Waals surface area contributed by atoms with Crippen LogP contribution in [0.2, 0.25) is 0 Å². The van der Waals surface area contributed by atoms with Gasteiger partial charge in [0.25, 0.3) is 8.53 Å². The fourth-order valence-electron chi connectivity index (χ4n) is 6.17. The molecule has 0 spiro atoms. The molecule has 5 rings (SSSR count). The van der Waals surface area contributed by atoms with Gasteiger partial charge in [-0.15, -0.1) is 0 Å². The molecule has 2 aliphatic heterocycles. The number of fused-ring (bicyclic) bond motifs is 2. The molecule has 0 aromatic heterocycles. The minimum atomic E-state index is -1.52. The molecule has 10 nitrogen and oxygen atoms in total. The van der Waals surface area contributed by atoms with Crippen LogP contribution in [0, 0.1) is 11.3 Å². The van der Waals surface area contributed by atoms with Gasteiger partial charge in [-0.3, -0.25) is 0 Å². The van der Waals surface area contributed by atoms with E-state index in [4.69, 9.17) is 43.0 Å². The van der Waals surface area contributed by atoms with Crippen molar-refractivity contribution in [1.82, 2.24) is 4.67 Å². The van der Waals surface area contributed by atoms with E-state index in [1.165, 1.54) is 0 Å².